The summed E-state index contributed by atoms with van der Waals surface area (Å²) >= 11 is 0. The molecule has 1 N–H and O–H groups in total. The van der Waals surface area contributed by atoms with Gasteiger partial charge in [0.15, 0.2) is 0 Å². The first-order chi connectivity index (χ1) is 16.6. The van der Waals surface area contributed by atoms with Crippen LogP contribution >= 0.6 is 0 Å². The molecule has 4 aromatic heterocycles. The van der Waals surface area contributed by atoms with E-state index in [1.165, 1.54) is 16.9 Å². The first-order valence-electron chi connectivity index (χ1n) is 10.6. The number of hydrogen-bond acceptors (Lipinski definition) is 6. The van der Waals surface area contributed by atoms with Crippen LogP contribution in [0.3, 0.4) is 0 Å². The molecule has 35 heavy (non-hydrogen) atoms. The number of pyridine rings is 3. The average Bonchev–Trinajstić information content (AvgIpc) is 3.18. The van der Waals surface area contributed by atoms with Gasteiger partial charge in [-0.25, -0.2) is 9.97 Å². The molecule has 0 saturated heterocycles. The molecule has 4 heterocycles. The molecule has 8 nitrogen and oxygen atoms in total. The third kappa shape index (κ3) is 5.62. The number of halogens is 3. The van der Waals surface area contributed by atoms with Crippen molar-refractivity contribution < 1.29 is 18.0 Å². The van der Waals surface area contributed by atoms with Crippen LogP contribution in [0.5, 0.6) is 0 Å². The summed E-state index contributed by atoms with van der Waals surface area (Å²) in [6.07, 6.45) is 1.48. The van der Waals surface area contributed by atoms with Gasteiger partial charge in [-0.3, -0.25) is 14.5 Å². The number of hydrogen-bond donors (Lipinski definition) is 1. The van der Waals surface area contributed by atoms with E-state index in [0.717, 1.165) is 29.2 Å². The predicted molar refractivity (Wildman–Crippen MR) is 126 cm³/mol. The quantitative estimate of drug-likeness (QED) is 0.438. The second kappa shape index (κ2) is 9.53. The third-order valence-corrected chi connectivity index (χ3v) is 5.18. The van der Waals surface area contributed by atoms with Crippen LogP contribution in [0, 0.1) is 6.92 Å². The molecule has 0 atom stereocenters. The molecule has 0 aliphatic rings. The van der Waals surface area contributed by atoms with Gasteiger partial charge in [0.05, 0.1) is 5.69 Å². The summed E-state index contributed by atoms with van der Waals surface area (Å²) in [6, 6.07) is 9.79. The van der Waals surface area contributed by atoms with Crippen molar-refractivity contribution in [3.8, 4) is 22.3 Å². The largest absolute Gasteiger partial charge is 0.433 e. The SMILES string of the molecule is Cc1nn(CC(=O)Nc2ccc(-c3ccc(N(C)C)nc3)cn2)cc1-c1ccnc(C(F)(F)F)c1. The van der Waals surface area contributed by atoms with Crippen LogP contribution in [0.1, 0.15) is 11.4 Å². The van der Waals surface area contributed by atoms with Crippen LogP contribution in [0.15, 0.2) is 61.2 Å². The summed E-state index contributed by atoms with van der Waals surface area (Å²) in [7, 11) is 3.82. The summed E-state index contributed by atoms with van der Waals surface area (Å²) in [6.45, 7) is 1.54. The standard InChI is InChI=1S/C24H22F3N7O/c1-15-19(16-8-9-28-20(10-16)24(25,26)27)13-34(32-15)14-23(35)31-21-6-4-17(11-29-21)18-5-7-22(30-12-18)33(2)3/h4-13H,14H2,1-3H3,(H,29,31,35). The van der Waals surface area contributed by atoms with Crippen LogP contribution in [-0.2, 0) is 17.5 Å². The van der Waals surface area contributed by atoms with E-state index in [-0.39, 0.29) is 12.5 Å². The third-order valence-electron chi connectivity index (χ3n) is 5.18. The van der Waals surface area contributed by atoms with Gasteiger partial charge < -0.3 is 10.2 Å². The lowest BCUT2D eigenvalue weighted by Crippen LogP contribution is -2.19. The average molecular weight is 481 g/mol. The maximum Gasteiger partial charge on any atom is 0.433 e. The summed E-state index contributed by atoms with van der Waals surface area (Å²) in [4.78, 5) is 26.4. The molecule has 0 radical (unpaired) electrons. The molecule has 180 valence electrons. The van der Waals surface area contributed by atoms with E-state index in [9.17, 15) is 18.0 Å². The van der Waals surface area contributed by atoms with E-state index < -0.39 is 11.9 Å². The number of carbonyl (C=O) groups excluding carboxylic acids is 1. The Labute approximate surface area is 199 Å². The smallest absolute Gasteiger partial charge is 0.363 e. The summed E-state index contributed by atoms with van der Waals surface area (Å²) in [5.74, 6) is 0.832. The maximum absolute atomic E-state index is 13.0. The molecule has 4 aromatic rings. The molecular formula is C24H22F3N7O. The Morgan fingerprint density at radius 3 is 2.31 bits per heavy atom. The zero-order valence-electron chi connectivity index (χ0n) is 19.2. The minimum Gasteiger partial charge on any atom is -0.363 e. The van der Waals surface area contributed by atoms with Gasteiger partial charge in [0, 0.05) is 55.6 Å². The van der Waals surface area contributed by atoms with Crippen molar-refractivity contribution in [1.29, 1.82) is 0 Å². The monoisotopic (exact) mass is 481 g/mol. The summed E-state index contributed by atoms with van der Waals surface area (Å²) < 4.78 is 40.3. The normalized spacial score (nSPS) is 11.4. The first-order valence-corrected chi connectivity index (χ1v) is 10.6. The van der Waals surface area contributed by atoms with Crippen LogP contribution in [0.25, 0.3) is 22.3 Å². The van der Waals surface area contributed by atoms with Gasteiger partial charge in [-0.05, 0) is 48.9 Å². The first kappa shape index (κ1) is 23.9. The molecule has 0 fully saturated rings. The molecule has 0 bridgehead atoms. The van der Waals surface area contributed by atoms with E-state index in [2.05, 4.69) is 25.4 Å². The zero-order chi connectivity index (χ0) is 25.2. The van der Waals surface area contributed by atoms with Crippen molar-refractivity contribution in [3.05, 3.63) is 72.6 Å². The van der Waals surface area contributed by atoms with Gasteiger partial charge in [0.25, 0.3) is 0 Å². The maximum atomic E-state index is 13.0. The lowest BCUT2D eigenvalue weighted by atomic mass is 10.1. The molecule has 0 aromatic carbocycles. The number of nitrogens with one attached hydrogen (secondary N) is 1. The Morgan fingerprint density at radius 1 is 1.00 bits per heavy atom. The Balaban J connectivity index is 1.42. The second-order valence-corrected chi connectivity index (χ2v) is 8.03. The fourth-order valence-electron chi connectivity index (χ4n) is 3.42. The fraction of sp³-hybridized carbons (Fsp3) is 0.208. The fourth-order valence-corrected chi connectivity index (χ4v) is 3.42. The number of alkyl halides is 3. The molecule has 0 aliphatic heterocycles. The van der Waals surface area contributed by atoms with Crippen LogP contribution in [-0.4, -0.2) is 44.7 Å². The molecule has 1 amide bonds. The van der Waals surface area contributed by atoms with Gasteiger partial charge in [0.1, 0.15) is 23.9 Å². The molecule has 0 unspecified atom stereocenters. The van der Waals surface area contributed by atoms with E-state index in [4.69, 9.17) is 0 Å². The predicted octanol–water partition coefficient (Wildman–Crippen LogP) is 4.43. The van der Waals surface area contributed by atoms with Crippen LogP contribution in [0.2, 0.25) is 0 Å². The highest BCUT2D eigenvalue weighted by atomic mass is 19.4. The van der Waals surface area contributed by atoms with Crippen molar-refractivity contribution in [3.63, 3.8) is 0 Å². The Hall–Kier alpha value is -4.28. The molecule has 0 saturated carbocycles. The Kier molecular flexibility index (Phi) is 6.50. The van der Waals surface area contributed by atoms with Gasteiger partial charge in [-0.1, -0.05) is 0 Å². The summed E-state index contributed by atoms with van der Waals surface area (Å²) in [5.41, 5.74) is 2.06. The van der Waals surface area contributed by atoms with E-state index in [1.54, 1.807) is 25.4 Å². The number of anilines is 2. The highest BCUT2D eigenvalue weighted by Crippen LogP contribution is 2.31. The van der Waals surface area contributed by atoms with Crippen molar-refractivity contribution in [2.75, 3.05) is 24.3 Å². The van der Waals surface area contributed by atoms with Gasteiger partial charge >= 0.3 is 6.18 Å². The molecule has 0 spiro atoms. The van der Waals surface area contributed by atoms with Crippen molar-refractivity contribution >= 4 is 17.5 Å². The number of aryl methyl sites for hydroxylation is 1. The van der Waals surface area contributed by atoms with Gasteiger partial charge in [-0.2, -0.15) is 18.3 Å². The number of aromatic nitrogens is 5. The number of rotatable bonds is 6. The van der Waals surface area contributed by atoms with Gasteiger partial charge in [-0.15, -0.1) is 0 Å². The molecule has 4 rings (SSSR count). The van der Waals surface area contributed by atoms with Crippen molar-refractivity contribution in [2.45, 2.75) is 19.6 Å². The van der Waals surface area contributed by atoms with Crippen LogP contribution in [0.4, 0.5) is 24.8 Å². The number of amides is 1. The molecule has 0 aliphatic carbocycles. The minimum atomic E-state index is -4.55. The lowest BCUT2D eigenvalue weighted by molar-refractivity contribution is -0.141. The topological polar surface area (TPSA) is 88.8 Å². The number of nitrogens with zero attached hydrogens (tertiary/aromatic N) is 6. The highest BCUT2D eigenvalue weighted by molar-refractivity contribution is 5.89. The second-order valence-electron chi connectivity index (χ2n) is 8.03. The highest BCUT2D eigenvalue weighted by Gasteiger charge is 2.32. The minimum absolute atomic E-state index is 0.128. The Bertz CT molecular complexity index is 1330. The lowest BCUT2D eigenvalue weighted by Gasteiger charge is -2.11. The number of carbonyl (C=O) groups is 1. The van der Waals surface area contributed by atoms with E-state index in [0.29, 0.717) is 22.6 Å². The Morgan fingerprint density at radius 2 is 1.71 bits per heavy atom. The van der Waals surface area contributed by atoms with Crippen molar-refractivity contribution in [2.24, 2.45) is 0 Å². The zero-order valence-corrected chi connectivity index (χ0v) is 19.2. The van der Waals surface area contributed by atoms with Crippen molar-refractivity contribution in [1.82, 2.24) is 24.7 Å². The summed E-state index contributed by atoms with van der Waals surface area (Å²) in [5, 5.41) is 6.96. The molecular weight excluding hydrogens is 459 g/mol. The van der Waals surface area contributed by atoms with Gasteiger partial charge in [0.2, 0.25) is 5.91 Å². The van der Waals surface area contributed by atoms with E-state index in [1.807, 2.05) is 37.2 Å². The molecule has 11 heteroatoms. The van der Waals surface area contributed by atoms with E-state index >= 15 is 0 Å². The van der Waals surface area contributed by atoms with Crippen LogP contribution < -0.4 is 10.2 Å².